The van der Waals surface area contributed by atoms with E-state index in [4.69, 9.17) is 23.2 Å². The molecule has 21 heavy (non-hydrogen) atoms. The molecule has 3 rings (SSSR count). The van der Waals surface area contributed by atoms with Crippen molar-refractivity contribution in [2.75, 3.05) is 0 Å². The molecule has 0 aliphatic carbocycles. The van der Waals surface area contributed by atoms with Gasteiger partial charge in [0.1, 0.15) is 10.7 Å². The number of aromatic nitrogens is 2. The molecule has 106 valence electrons. The molecule has 0 spiro atoms. The van der Waals surface area contributed by atoms with Gasteiger partial charge in [-0.25, -0.2) is 14.4 Å². The summed E-state index contributed by atoms with van der Waals surface area (Å²) >= 11 is 15.3. The molecule has 2 nitrogen and oxygen atoms in total. The Bertz CT molecular complexity index is 868. The van der Waals surface area contributed by atoms with Crippen LogP contribution in [0.4, 0.5) is 4.39 Å². The standard InChI is InChI=1S/C15H8BrCl2FN2/c1-7-4-9(17)2-3-10(7)15-20-13-11(14(18)21-15)5-8(16)6-12(13)19/h2-6H,1H3. The summed E-state index contributed by atoms with van der Waals surface area (Å²) in [7, 11) is 0. The van der Waals surface area contributed by atoms with Gasteiger partial charge in [-0.15, -0.1) is 0 Å². The zero-order valence-corrected chi connectivity index (χ0v) is 13.9. The summed E-state index contributed by atoms with van der Waals surface area (Å²) < 4.78 is 14.7. The van der Waals surface area contributed by atoms with Gasteiger partial charge in [0.05, 0.1) is 0 Å². The maximum Gasteiger partial charge on any atom is 0.161 e. The molecule has 0 N–H and O–H groups in total. The maximum atomic E-state index is 14.1. The molecule has 0 aliphatic heterocycles. The number of hydrogen-bond acceptors (Lipinski definition) is 2. The van der Waals surface area contributed by atoms with Gasteiger partial charge in [0.2, 0.25) is 0 Å². The van der Waals surface area contributed by atoms with Gasteiger partial charge < -0.3 is 0 Å². The zero-order chi connectivity index (χ0) is 15.1. The Balaban J connectivity index is 2.30. The molecular weight excluding hydrogens is 378 g/mol. The smallest absolute Gasteiger partial charge is 0.161 e. The molecule has 0 unspecified atom stereocenters. The zero-order valence-electron chi connectivity index (χ0n) is 10.8. The van der Waals surface area contributed by atoms with Gasteiger partial charge in [-0.3, -0.25) is 0 Å². The monoisotopic (exact) mass is 384 g/mol. The van der Waals surface area contributed by atoms with Crippen molar-refractivity contribution >= 4 is 50.0 Å². The van der Waals surface area contributed by atoms with Crippen molar-refractivity contribution in [1.29, 1.82) is 0 Å². The summed E-state index contributed by atoms with van der Waals surface area (Å²) in [6.07, 6.45) is 0. The molecule has 2 aromatic carbocycles. The second-order valence-electron chi connectivity index (χ2n) is 4.58. The summed E-state index contributed by atoms with van der Waals surface area (Å²) in [4.78, 5) is 8.57. The van der Waals surface area contributed by atoms with Gasteiger partial charge in [0.15, 0.2) is 11.6 Å². The van der Waals surface area contributed by atoms with Crippen molar-refractivity contribution in [1.82, 2.24) is 9.97 Å². The molecular formula is C15H8BrCl2FN2. The highest BCUT2D eigenvalue weighted by atomic mass is 79.9. The van der Waals surface area contributed by atoms with Gasteiger partial charge in [-0.2, -0.15) is 0 Å². The lowest BCUT2D eigenvalue weighted by molar-refractivity contribution is 0.636. The molecule has 0 bridgehead atoms. The number of nitrogens with zero attached hydrogens (tertiary/aromatic N) is 2. The number of hydrogen-bond donors (Lipinski definition) is 0. The van der Waals surface area contributed by atoms with Gasteiger partial charge >= 0.3 is 0 Å². The molecule has 0 saturated carbocycles. The second-order valence-corrected chi connectivity index (χ2v) is 6.29. The number of aryl methyl sites for hydroxylation is 1. The van der Waals surface area contributed by atoms with E-state index in [2.05, 4.69) is 25.9 Å². The normalized spacial score (nSPS) is 11.1. The fourth-order valence-electron chi connectivity index (χ4n) is 2.12. The SMILES string of the molecule is Cc1cc(Cl)ccc1-c1nc(Cl)c2cc(Br)cc(F)c2n1. The van der Waals surface area contributed by atoms with Crippen LogP contribution in [-0.2, 0) is 0 Å². The van der Waals surface area contributed by atoms with Crippen LogP contribution in [0.5, 0.6) is 0 Å². The van der Waals surface area contributed by atoms with Crippen molar-refractivity contribution in [2.24, 2.45) is 0 Å². The van der Waals surface area contributed by atoms with Gasteiger partial charge in [-0.1, -0.05) is 39.1 Å². The molecule has 0 radical (unpaired) electrons. The minimum Gasteiger partial charge on any atom is -0.225 e. The molecule has 0 atom stereocenters. The summed E-state index contributed by atoms with van der Waals surface area (Å²) in [6.45, 7) is 1.89. The summed E-state index contributed by atoms with van der Waals surface area (Å²) in [5.74, 6) is -0.0700. The van der Waals surface area contributed by atoms with E-state index < -0.39 is 5.82 Å². The minimum atomic E-state index is -0.448. The average molecular weight is 386 g/mol. The third kappa shape index (κ3) is 2.76. The number of benzene rings is 2. The fourth-order valence-corrected chi connectivity index (χ4v) is 3.00. The Labute approximate surface area is 139 Å². The van der Waals surface area contributed by atoms with E-state index >= 15 is 0 Å². The van der Waals surface area contributed by atoms with Crippen LogP contribution >= 0.6 is 39.1 Å². The largest absolute Gasteiger partial charge is 0.225 e. The predicted octanol–water partition coefficient (Wildman–Crippen LogP) is 5.81. The van der Waals surface area contributed by atoms with Crippen molar-refractivity contribution < 1.29 is 4.39 Å². The molecule has 3 aromatic rings. The first-order valence-electron chi connectivity index (χ1n) is 6.04. The Hall–Kier alpha value is -1.23. The molecule has 1 heterocycles. The number of rotatable bonds is 1. The van der Waals surface area contributed by atoms with Crippen LogP contribution in [0.1, 0.15) is 5.56 Å². The molecule has 6 heteroatoms. The van der Waals surface area contributed by atoms with E-state index in [9.17, 15) is 4.39 Å². The van der Waals surface area contributed by atoms with Crippen LogP contribution in [-0.4, -0.2) is 9.97 Å². The highest BCUT2D eigenvalue weighted by Gasteiger charge is 2.13. The summed E-state index contributed by atoms with van der Waals surface area (Å²) in [6, 6.07) is 8.38. The quantitative estimate of drug-likeness (QED) is 0.493. The van der Waals surface area contributed by atoms with E-state index in [0.29, 0.717) is 20.7 Å². The Morgan fingerprint density at radius 3 is 2.57 bits per heavy atom. The van der Waals surface area contributed by atoms with Gasteiger partial charge in [0.25, 0.3) is 0 Å². The van der Waals surface area contributed by atoms with E-state index in [1.807, 2.05) is 6.92 Å². The lowest BCUT2D eigenvalue weighted by atomic mass is 10.1. The van der Waals surface area contributed by atoms with Gasteiger partial charge in [-0.05, 0) is 42.8 Å². The molecule has 0 aliphatic rings. The average Bonchev–Trinajstić information content (AvgIpc) is 2.40. The molecule has 0 fully saturated rings. The summed E-state index contributed by atoms with van der Waals surface area (Å²) in [5, 5.41) is 1.31. The van der Waals surface area contributed by atoms with Crippen LogP contribution in [0, 0.1) is 12.7 Å². The highest BCUT2D eigenvalue weighted by Crippen LogP contribution is 2.30. The first-order valence-corrected chi connectivity index (χ1v) is 7.59. The Morgan fingerprint density at radius 1 is 1.10 bits per heavy atom. The van der Waals surface area contributed by atoms with Crippen molar-refractivity contribution in [3.8, 4) is 11.4 Å². The topological polar surface area (TPSA) is 25.8 Å². The number of fused-ring (bicyclic) bond motifs is 1. The van der Waals surface area contributed by atoms with Crippen molar-refractivity contribution in [3.63, 3.8) is 0 Å². The van der Waals surface area contributed by atoms with E-state index in [0.717, 1.165) is 11.1 Å². The highest BCUT2D eigenvalue weighted by molar-refractivity contribution is 9.10. The lowest BCUT2D eigenvalue weighted by Crippen LogP contribution is -1.96. The number of halogens is 4. The van der Waals surface area contributed by atoms with Crippen molar-refractivity contribution in [2.45, 2.75) is 6.92 Å². The van der Waals surface area contributed by atoms with Crippen molar-refractivity contribution in [3.05, 3.63) is 56.4 Å². The van der Waals surface area contributed by atoms with Crippen LogP contribution in [0.3, 0.4) is 0 Å². The Kier molecular flexibility index (Phi) is 3.86. The predicted molar refractivity (Wildman–Crippen MR) is 87.4 cm³/mol. The summed E-state index contributed by atoms with van der Waals surface area (Å²) in [5.41, 5.74) is 1.86. The fraction of sp³-hybridized carbons (Fsp3) is 0.0667. The van der Waals surface area contributed by atoms with Gasteiger partial charge in [0, 0.05) is 20.4 Å². The second kappa shape index (κ2) is 5.52. The molecule has 0 amide bonds. The van der Waals surface area contributed by atoms with E-state index in [-0.39, 0.29) is 10.7 Å². The first kappa shape index (κ1) is 14.7. The van der Waals surface area contributed by atoms with Crippen LogP contribution in [0.2, 0.25) is 10.2 Å². The third-order valence-corrected chi connectivity index (χ3v) is 4.08. The Morgan fingerprint density at radius 2 is 1.86 bits per heavy atom. The molecule has 1 aromatic heterocycles. The van der Waals surface area contributed by atoms with Crippen LogP contribution in [0.15, 0.2) is 34.8 Å². The maximum absolute atomic E-state index is 14.1. The van der Waals surface area contributed by atoms with Crippen LogP contribution < -0.4 is 0 Å². The van der Waals surface area contributed by atoms with E-state index in [1.165, 1.54) is 6.07 Å². The minimum absolute atomic E-state index is 0.197. The first-order chi connectivity index (χ1) is 9.95. The van der Waals surface area contributed by atoms with Crippen LogP contribution in [0.25, 0.3) is 22.3 Å². The van der Waals surface area contributed by atoms with E-state index in [1.54, 1.807) is 24.3 Å². The molecule has 0 saturated heterocycles. The third-order valence-electron chi connectivity index (χ3n) is 3.10. The lowest BCUT2D eigenvalue weighted by Gasteiger charge is -2.08.